The van der Waals surface area contributed by atoms with E-state index < -0.39 is 103 Å². The number of ether oxygens (including phenoxy) is 2. The second-order valence-electron chi connectivity index (χ2n) is 13.0. The van der Waals surface area contributed by atoms with Crippen LogP contribution in [0.2, 0.25) is 0 Å². The van der Waals surface area contributed by atoms with E-state index >= 15 is 0 Å². The molecule has 6 atom stereocenters. The summed E-state index contributed by atoms with van der Waals surface area (Å²) in [6, 6.07) is -3.64. The molecule has 0 aromatic rings. The number of hydroxylamine groups is 6. The molecule has 0 aliphatic heterocycles. The molecule has 0 saturated heterocycles. The minimum absolute atomic E-state index is 0.0229. The van der Waals surface area contributed by atoms with E-state index in [0.717, 1.165) is 20.8 Å². The Hall–Kier alpha value is -4.93. The molecule has 0 unspecified atom stereocenters. The Morgan fingerprint density at radius 1 is 0.527 bits per heavy atom. The molecule has 0 spiro atoms. The van der Waals surface area contributed by atoms with Crippen LogP contribution in [0.15, 0.2) is 0 Å². The van der Waals surface area contributed by atoms with Gasteiger partial charge in [-0.05, 0) is 59.3 Å². The van der Waals surface area contributed by atoms with E-state index in [1.165, 1.54) is 20.8 Å². The molecule has 0 rings (SSSR count). The van der Waals surface area contributed by atoms with Crippen molar-refractivity contribution in [3.8, 4) is 0 Å². The summed E-state index contributed by atoms with van der Waals surface area (Å²) >= 11 is 0. The number of aliphatic hydroxyl groups is 1. The van der Waals surface area contributed by atoms with Crippen LogP contribution in [0.1, 0.15) is 99.3 Å². The average molecular weight is 793 g/mol. The Morgan fingerprint density at radius 3 is 1.11 bits per heavy atom. The van der Waals surface area contributed by atoms with Gasteiger partial charge in [0.15, 0.2) is 0 Å². The van der Waals surface area contributed by atoms with Crippen LogP contribution in [-0.2, 0) is 52.6 Å². The van der Waals surface area contributed by atoms with Crippen LogP contribution in [0.25, 0.3) is 0 Å². The Balaban J connectivity index is 4.97. The fourth-order valence-corrected chi connectivity index (χ4v) is 4.91. The Bertz CT molecular complexity index is 1330. The summed E-state index contributed by atoms with van der Waals surface area (Å²) < 4.78 is 10.5. The number of aliphatic carboxylic acids is 1. The van der Waals surface area contributed by atoms with Gasteiger partial charge in [0.25, 0.3) is 0 Å². The average Bonchev–Trinajstić information content (AvgIpc) is 3.05. The van der Waals surface area contributed by atoms with Crippen LogP contribution < -0.4 is 16.0 Å². The number of hydrogen-bond acceptors (Lipinski definition) is 15. The molecule has 55 heavy (non-hydrogen) atoms. The fraction of sp³-hybridized carbons (Fsp3) is 0.727. The molecule has 0 heterocycles. The van der Waals surface area contributed by atoms with Gasteiger partial charge >= 0.3 is 17.9 Å². The van der Waals surface area contributed by atoms with Crippen molar-refractivity contribution in [1.29, 1.82) is 0 Å². The topological polar surface area (TPSA) is 319 Å². The van der Waals surface area contributed by atoms with E-state index in [-0.39, 0.29) is 64.6 Å². The highest BCUT2D eigenvalue weighted by molar-refractivity contribution is 5.85. The van der Waals surface area contributed by atoms with Crippen molar-refractivity contribution in [2.24, 2.45) is 0 Å². The van der Waals surface area contributed by atoms with E-state index in [2.05, 4.69) is 16.0 Å². The standard InChI is InChI=1S/C33H56N6O16/c1-19(40)16-28(44)37(51)14-8-11-26(35-23(5)42)32(49)55-21(3)18-30(46)39(53)15-9-12-27(36-24(6)43)33(50)54-20(2)17-29(45)38(52)13-7-10-25(31(47)48)34-22(4)41/h19-21,25-27,40,51-53H,7-18H2,1-6H3,(H,34,41)(H,35,42)(H,36,43)(H,47,48)/t19-,20-,21-,25+,26+,27+/m1/s1. The summed E-state index contributed by atoms with van der Waals surface area (Å²) in [5.74, 6) is -7.32. The number of esters is 2. The number of amides is 6. The first-order valence-corrected chi connectivity index (χ1v) is 17.6. The number of carboxylic acid groups (broad SMARTS) is 1. The third kappa shape index (κ3) is 22.8. The van der Waals surface area contributed by atoms with Crippen LogP contribution >= 0.6 is 0 Å². The molecule has 0 aromatic heterocycles. The number of aliphatic hydroxyl groups excluding tert-OH is 1. The molecule has 6 amide bonds. The van der Waals surface area contributed by atoms with Gasteiger partial charge in [0.05, 0.1) is 25.4 Å². The van der Waals surface area contributed by atoms with Gasteiger partial charge in [-0.2, -0.15) is 0 Å². The van der Waals surface area contributed by atoms with Gasteiger partial charge in [-0.1, -0.05) is 0 Å². The zero-order chi connectivity index (χ0) is 42.4. The van der Waals surface area contributed by atoms with Crippen LogP contribution in [0.3, 0.4) is 0 Å². The molecule has 0 aliphatic carbocycles. The lowest BCUT2D eigenvalue weighted by atomic mass is 10.1. The number of carbonyl (C=O) groups excluding carboxylic acids is 8. The summed E-state index contributed by atoms with van der Waals surface area (Å²) in [5, 5.41) is 56.6. The molecular weight excluding hydrogens is 736 g/mol. The number of nitrogens with one attached hydrogen (secondary N) is 3. The Morgan fingerprint density at radius 2 is 0.818 bits per heavy atom. The lowest BCUT2D eigenvalue weighted by Crippen LogP contribution is -2.43. The predicted molar refractivity (Wildman–Crippen MR) is 185 cm³/mol. The van der Waals surface area contributed by atoms with Gasteiger partial charge in [-0.3, -0.25) is 44.4 Å². The van der Waals surface area contributed by atoms with Gasteiger partial charge in [-0.25, -0.2) is 29.6 Å². The summed E-state index contributed by atoms with van der Waals surface area (Å²) in [5.41, 5.74) is 0. The van der Waals surface area contributed by atoms with E-state index in [1.807, 2.05) is 0 Å². The normalized spacial score (nSPS) is 14.1. The van der Waals surface area contributed by atoms with Crippen molar-refractivity contribution in [2.45, 2.75) is 136 Å². The zero-order valence-corrected chi connectivity index (χ0v) is 32.0. The monoisotopic (exact) mass is 792 g/mol. The lowest BCUT2D eigenvalue weighted by Gasteiger charge is -2.23. The van der Waals surface area contributed by atoms with Gasteiger partial charge in [0, 0.05) is 40.4 Å². The van der Waals surface area contributed by atoms with Gasteiger partial charge < -0.3 is 35.6 Å². The fourth-order valence-electron chi connectivity index (χ4n) is 4.91. The molecule has 0 aliphatic rings. The van der Waals surface area contributed by atoms with E-state index in [4.69, 9.17) is 14.6 Å². The highest BCUT2D eigenvalue weighted by Crippen LogP contribution is 2.11. The minimum Gasteiger partial charge on any atom is -0.480 e. The second-order valence-corrected chi connectivity index (χ2v) is 13.0. The lowest BCUT2D eigenvalue weighted by molar-refractivity contribution is -0.170. The maximum Gasteiger partial charge on any atom is 0.328 e. The Kier molecular flexibility index (Phi) is 23.6. The molecule has 22 heteroatoms. The second kappa shape index (κ2) is 26.0. The van der Waals surface area contributed by atoms with Gasteiger partial charge in [-0.15, -0.1) is 0 Å². The molecule has 314 valence electrons. The van der Waals surface area contributed by atoms with Crippen molar-refractivity contribution in [2.75, 3.05) is 19.6 Å². The number of carboxylic acids is 1. The van der Waals surface area contributed by atoms with E-state index in [0.29, 0.717) is 15.2 Å². The molecular formula is C33H56N6O16. The first-order valence-electron chi connectivity index (χ1n) is 17.6. The van der Waals surface area contributed by atoms with Crippen molar-refractivity contribution in [1.82, 2.24) is 31.1 Å². The maximum atomic E-state index is 12.8. The highest BCUT2D eigenvalue weighted by Gasteiger charge is 2.28. The highest BCUT2D eigenvalue weighted by atomic mass is 16.6. The third-order valence-electron chi connectivity index (χ3n) is 7.48. The number of rotatable bonds is 26. The van der Waals surface area contributed by atoms with E-state index in [9.17, 15) is 63.9 Å². The van der Waals surface area contributed by atoms with Crippen LogP contribution in [0.5, 0.6) is 0 Å². The number of hydrogen-bond donors (Lipinski definition) is 8. The molecule has 8 N–H and O–H groups in total. The number of carbonyl (C=O) groups is 9. The van der Waals surface area contributed by atoms with Crippen LogP contribution in [0, 0.1) is 0 Å². The SMILES string of the molecule is CC(=O)N[C@@H](CCCN(O)C(=O)C[C@@H](C)OC(=O)[C@H](CCCN(O)C(=O)C[C@@H](C)OC(=O)[C@H](CCCN(O)C(=O)C[C@@H](C)O)NC(C)=O)NC(C)=O)C(=O)O. The molecule has 22 nitrogen and oxygen atoms in total. The Labute approximate surface area is 318 Å². The van der Waals surface area contributed by atoms with Gasteiger partial charge in [0.2, 0.25) is 35.4 Å². The molecule has 0 fully saturated rings. The van der Waals surface area contributed by atoms with Gasteiger partial charge in [0.1, 0.15) is 30.3 Å². The van der Waals surface area contributed by atoms with Crippen molar-refractivity contribution >= 4 is 53.4 Å². The summed E-state index contributed by atoms with van der Waals surface area (Å²) in [6.45, 7) is 6.75. The minimum atomic E-state index is -1.28. The first kappa shape index (κ1) is 50.1. The zero-order valence-electron chi connectivity index (χ0n) is 32.0. The quantitative estimate of drug-likeness (QED) is 0.0296. The van der Waals surface area contributed by atoms with Crippen molar-refractivity contribution in [3.63, 3.8) is 0 Å². The van der Waals surface area contributed by atoms with Crippen molar-refractivity contribution < 1.29 is 78.5 Å². The molecule has 0 saturated carbocycles. The molecule has 0 bridgehead atoms. The largest absolute Gasteiger partial charge is 0.480 e. The van der Waals surface area contributed by atoms with Crippen molar-refractivity contribution in [3.05, 3.63) is 0 Å². The summed E-state index contributed by atoms with van der Waals surface area (Å²) in [7, 11) is 0. The van der Waals surface area contributed by atoms with Crippen LogP contribution in [0.4, 0.5) is 0 Å². The summed E-state index contributed by atoms with van der Waals surface area (Å²) in [6.07, 6.45) is -4.56. The predicted octanol–water partition coefficient (Wildman–Crippen LogP) is -1.01. The van der Waals surface area contributed by atoms with E-state index in [1.54, 1.807) is 0 Å². The molecule has 0 aromatic carbocycles. The molecule has 0 radical (unpaired) electrons. The maximum absolute atomic E-state index is 12.8. The first-order chi connectivity index (χ1) is 25.5. The van der Waals surface area contributed by atoms with Crippen LogP contribution in [-0.4, -0.2) is 150 Å². The third-order valence-corrected chi connectivity index (χ3v) is 7.48. The summed E-state index contributed by atoms with van der Waals surface area (Å²) in [4.78, 5) is 108. The number of nitrogens with zero attached hydrogens (tertiary/aromatic N) is 3. The smallest absolute Gasteiger partial charge is 0.328 e.